The molecule has 0 bridgehead atoms. The standard InChI is InChI=1S/C12H20N2S/c1-3-13-11-5-4-9(2)12(6-11)10-7-14-15-8-10/h7-9,11-13H,3-6H2,1-2H3. The van der Waals surface area contributed by atoms with Crippen molar-refractivity contribution in [2.75, 3.05) is 6.54 Å². The summed E-state index contributed by atoms with van der Waals surface area (Å²) in [4.78, 5) is 0. The normalized spacial score (nSPS) is 31.7. The third kappa shape index (κ3) is 2.58. The van der Waals surface area contributed by atoms with Crippen molar-refractivity contribution in [1.82, 2.24) is 9.69 Å². The summed E-state index contributed by atoms with van der Waals surface area (Å²) < 4.78 is 4.22. The lowest BCUT2D eigenvalue weighted by Gasteiger charge is -2.34. The number of hydrogen-bond donors (Lipinski definition) is 1. The monoisotopic (exact) mass is 224 g/mol. The molecule has 0 radical (unpaired) electrons. The van der Waals surface area contributed by atoms with E-state index < -0.39 is 0 Å². The van der Waals surface area contributed by atoms with E-state index >= 15 is 0 Å². The molecule has 0 aliphatic heterocycles. The van der Waals surface area contributed by atoms with Gasteiger partial charge in [0.25, 0.3) is 0 Å². The summed E-state index contributed by atoms with van der Waals surface area (Å²) in [6.07, 6.45) is 6.02. The van der Waals surface area contributed by atoms with Gasteiger partial charge in [-0.05, 0) is 54.7 Å². The Kier molecular flexibility index (Phi) is 3.76. The minimum Gasteiger partial charge on any atom is -0.314 e. The molecule has 3 atom stereocenters. The molecule has 1 aromatic rings. The van der Waals surface area contributed by atoms with Crippen molar-refractivity contribution in [2.24, 2.45) is 5.92 Å². The molecule has 1 aliphatic rings. The fourth-order valence-electron chi connectivity index (χ4n) is 2.66. The summed E-state index contributed by atoms with van der Waals surface area (Å²) in [5, 5.41) is 5.80. The van der Waals surface area contributed by atoms with Crippen LogP contribution in [-0.4, -0.2) is 17.0 Å². The maximum atomic E-state index is 4.22. The molecule has 0 aromatic carbocycles. The maximum absolute atomic E-state index is 4.22. The number of aromatic nitrogens is 1. The van der Waals surface area contributed by atoms with E-state index in [0.717, 1.165) is 24.4 Å². The van der Waals surface area contributed by atoms with Crippen molar-refractivity contribution in [3.8, 4) is 0 Å². The van der Waals surface area contributed by atoms with Crippen molar-refractivity contribution in [2.45, 2.75) is 45.1 Å². The molecule has 0 spiro atoms. The molecule has 2 nitrogen and oxygen atoms in total. The molecule has 1 heterocycles. The molecule has 84 valence electrons. The molecule has 1 saturated carbocycles. The third-order valence-electron chi connectivity index (χ3n) is 3.57. The van der Waals surface area contributed by atoms with E-state index in [4.69, 9.17) is 0 Å². The fraction of sp³-hybridized carbons (Fsp3) is 0.750. The molecule has 0 saturated heterocycles. The van der Waals surface area contributed by atoms with Gasteiger partial charge in [0.05, 0.1) is 0 Å². The molecule has 0 amide bonds. The van der Waals surface area contributed by atoms with Gasteiger partial charge in [0.1, 0.15) is 0 Å². The molecule has 1 N–H and O–H groups in total. The van der Waals surface area contributed by atoms with Crippen LogP contribution in [0.2, 0.25) is 0 Å². The Hall–Kier alpha value is -0.410. The van der Waals surface area contributed by atoms with Crippen LogP contribution in [-0.2, 0) is 0 Å². The predicted octanol–water partition coefficient (Wildman–Crippen LogP) is 3.02. The molecule has 15 heavy (non-hydrogen) atoms. The van der Waals surface area contributed by atoms with E-state index in [-0.39, 0.29) is 0 Å². The summed E-state index contributed by atoms with van der Waals surface area (Å²) in [6.45, 7) is 5.66. The average molecular weight is 224 g/mol. The highest BCUT2D eigenvalue weighted by Crippen LogP contribution is 2.37. The van der Waals surface area contributed by atoms with Gasteiger partial charge in [-0.2, -0.15) is 0 Å². The zero-order chi connectivity index (χ0) is 10.7. The number of hydrogen-bond acceptors (Lipinski definition) is 3. The summed E-state index contributed by atoms with van der Waals surface area (Å²) in [6, 6.07) is 0.719. The van der Waals surface area contributed by atoms with E-state index in [1.165, 1.54) is 24.8 Å². The first kappa shape index (κ1) is 11.1. The van der Waals surface area contributed by atoms with Crippen molar-refractivity contribution < 1.29 is 0 Å². The first-order valence-corrected chi connectivity index (χ1v) is 6.77. The Morgan fingerprint density at radius 1 is 1.53 bits per heavy atom. The van der Waals surface area contributed by atoms with Gasteiger partial charge in [-0.3, -0.25) is 0 Å². The van der Waals surface area contributed by atoms with Gasteiger partial charge in [0.15, 0.2) is 0 Å². The van der Waals surface area contributed by atoms with Crippen LogP contribution >= 0.6 is 11.5 Å². The van der Waals surface area contributed by atoms with E-state index in [2.05, 4.69) is 35.1 Å². The average Bonchev–Trinajstić information content (AvgIpc) is 2.74. The summed E-state index contributed by atoms with van der Waals surface area (Å²) in [5.74, 6) is 1.54. The van der Waals surface area contributed by atoms with Crippen molar-refractivity contribution in [1.29, 1.82) is 0 Å². The first-order valence-electron chi connectivity index (χ1n) is 5.94. The van der Waals surface area contributed by atoms with Gasteiger partial charge in [-0.1, -0.05) is 13.8 Å². The maximum Gasteiger partial charge on any atom is 0.0441 e. The highest BCUT2D eigenvalue weighted by atomic mass is 32.1. The number of nitrogens with zero attached hydrogens (tertiary/aromatic N) is 1. The van der Waals surface area contributed by atoms with Crippen LogP contribution in [0, 0.1) is 5.92 Å². The van der Waals surface area contributed by atoms with Gasteiger partial charge in [-0.25, -0.2) is 4.37 Å². The van der Waals surface area contributed by atoms with Crippen molar-refractivity contribution in [3.05, 3.63) is 17.1 Å². The first-order chi connectivity index (χ1) is 7.31. The quantitative estimate of drug-likeness (QED) is 0.853. The molecular formula is C12H20N2S. The van der Waals surface area contributed by atoms with Crippen LogP contribution in [0.15, 0.2) is 11.6 Å². The van der Waals surface area contributed by atoms with Crippen LogP contribution in [0.1, 0.15) is 44.6 Å². The van der Waals surface area contributed by atoms with Gasteiger partial charge >= 0.3 is 0 Å². The lowest BCUT2D eigenvalue weighted by Crippen LogP contribution is -2.35. The molecule has 1 fully saturated rings. The Bertz CT molecular complexity index is 284. The van der Waals surface area contributed by atoms with Crippen molar-refractivity contribution >= 4 is 11.5 Å². The summed E-state index contributed by atoms with van der Waals surface area (Å²) in [7, 11) is 0. The molecular weight excluding hydrogens is 204 g/mol. The second-order valence-electron chi connectivity index (χ2n) is 4.61. The topological polar surface area (TPSA) is 24.9 Å². The minimum absolute atomic E-state index is 0.719. The van der Waals surface area contributed by atoms with E-state index in [1.54, 1.807) is 11.5 Å². The third-order valence-corrected chi connectivity index (χ3v) is 4.17. The van der Waals surface area contributed by atoms with Crippen molar-refractivity contribution in [3.63, 3.8) is 0 Å². The van der Waals surface area contributed by atoms with Crippen LogP contribution in [0.5, 0.6) is 0 Å². The molecule has 3 heteroatoms. The largest absolute Gasteiger partial charge is 0.314 e. The Morgan fingerprint density at radius 2 is 2.40 bits per heavy atom. The van der Waals surface area contributed by atoms with E-state index in [9.17, 15) is 0 Å². The summed E-state index contributed by atoms with van der Waals surface area (Å²) >= 11 is 1.58. The van der Waals surface area contributed by atoms with Gasteiger partial charge < -0.3 is 5.32 Å². The summed E-state index contributed by atoms with van der Waals surface area (Å²) in [5.41, 5.74) is 1.45. The highest BCUT2D eigenvalue weighted by molar-refractivity contribution is 7.03. The van der Waals surface area contributed by atoms with Crippen LogP contribution in [0.3, 0.4) is 0 Å². The molecule has 1 aliphatic carbocycles. The second-order valence-corrected chi connectivity index (χ2v) is 5.27. The number of rotatable bonds is 3. The highest BCUT2D eigenvalue weighted by Gasteiger charge is 2.28. The van der Waals surface area contributed by atoms with Crippen LogP contribution < -0.4 is 5.32 Å². The molecule has 2 rings (SSSR count). The number of nitrogens with one attached hydrogen (secondary N) is 1. The van der Waals surface area contributed by atoms with Gasteiger partial charge in [0.2, 0.25) is 0 Å². The zero-order valence-electron chi connectivity index (χ0n) is 9.57. The van der Waals surface area contributed by atoms with E-state index in [1.807, 2.05) is 0 Å². The Balaban J connectivity index is 2.02. The Labute approximate surface area is 96.3 Å². The minimum atomic E-state index is 0.719. The Morgan fingerprint density at radius 3 is 3.07 bits per heavy atom. The van der Waals surface area contributed by atoms with Crippen LogP contribution in [0.4, 0.5) is 0 Å². The smallest absolute Gasteiger partial charge is 0.0441 e. The molecule has 3 unspecified atom stereocenters. The van der Waals surface area contributed by atoms with Gasteiger partial charge in [-0.15, -0.1) is 0 Å². The van der Waals surface area contributed by atoms with E-state index in [0.29, 0.717) is 0 Å². The van der Waals surface area contributed by atoms with Crippen LogP contribution in [0.25, 0.3) is 0 Å². The zero-order valence-corrected chi connectivity index (χ0v) is 10.4. The molecule has 1 aromatic heterocycles. The predicted molar refractivity (Wildman–Crippen MR) is 65.3 cm³/mol. The van der Waals surface area contributed by atoms with Gasteiger partial charge in [0, 0.05) is 17.6 Å². The second kappa shape index (κ2) is 5.08. The fourth-order valence-corrected chi connectivity index (χ4v) is 3.26. The SMILES string of the molecule is CCNC1CCC(C)C(c2cnsc2)C1. The lowest BCUT2D eigenvalue weighted by atomic mass is 9.75. The lowest BCUT2D eigenvalue weighted by molar-refractivity contribution is 0.271.